The molecule has 6 N–H and O–H groups in total. The largest absolute Gasteiger partial charge is 0.507 e. The van der Waals surface area contributed by atoms with Gasteiger partial charge in [0.15, 0.2) is 11.6 Å². The lowest BCUT2D eigenvalue weighted by atomic mass is 9.58. The number of phenols is 1. The Labute approximate surface area is 217 Å². The standard InChI is InChI=1S/C27H26N2O7S/c1-11(30)29-15-4-2-3-12(8-15)16-5-6-18(31)21-17(16)9-13-7-14-10-19(32)22(26(28)36)25(35)27(14,37)24(34)20(13)23(21)33/h2-6,8,13-14,19,22,31-33,37H,7,9-10H2,1H3,(H2,28,36)(H,29,30)/t13-,14+,19-,22?,27+/m1/s1. The molecule has 5 rings (SSSR count). The molecule has 0 bridgehead atoms. The number of carbonyl (C=O) groups excluding carboxylic acids is 4. The molecule has 5 atom stereocenters. The smallest absolute Gasteiger partial charge is 0.230 e. The second kappa shape index (κ2) is 8.74. The van der Waals surface area contributed by atoms with Gasteiger partial charge in [0.2, 0.25) is 11.8 Å². The monoisotopic (exact) mass is 522 g/mol. The maximum absolute atomic E-state index is 13.8. The molecule has 10 heteroatoms. The van der Waals surface area contributed by atoms with Crippen LogP contribution in [0.4, 0.5) is 5.69 Å². The number of hydrogen-bond acceptors (Lipinski definition) is 8. The first kappa shape index (κ1) is 25.0. The van der Waals surface area contributed by atoms with Gasteiger partial charge < -0.3 is 26.4 Å². The number of aliphatic hydroxyl groups is 2. The molecule has 3 aliphatic rings. The van der Waals surface area contributed by atoms with Crippen LogP contribution in [0.25, 0.3) is 16.9 Å². The quantitative estimate of drug-likeness (QED) is 0.265. The molecule has 9 nitrogen and oxygen atoms in total. The van der Waals surface area contributed by atoms with E-state index in [1.807, 2.05) is 6.07 Å². The van der Waals surface area contributed by atoms with Gasteiger partial charge in [-0.25, -0.2) is 0 Å². The molecule has 192 valence electrons. The highest BCUT2D eigenvalue weighted by Gasteiger charge is 2.62. The highest BCUT2D eigenvalue weighted by Crippen LogP contribution is 2.54. The number of Topliss-reactive ketones (excluding diaryl/α,β-unsaturated/α-hetero) is 2. The van der Waals surface area contributed by atoms with Crippen LogP contribution in [0, 0.1) is 17.8 Å². The minimum Gasteiger partial charge on any atom is -0.507 e. The molecule has 2 amide bonds. The molecule has 37 heavy (non-hydrogen) atoms. The number of hydrogen-bond donors (Lipinski definition) is 6. The van der Waals surface area contributed by atoms with Gasteiger partial charge in [0.1, 0.15) is 22.2 Å². The number of carbonyl (C=O) groups is 4. The Balaban J connectivity index is 1.64. The number of nitrogens with one attached hydrogen (secondary N) is 1. The lowest BCUT2D eigenvalue weighted by Crippen LogP contribution is -2.63. The van der Waals surface area contributed by atoms with E-state index in [-0.39, 0.29) is 42.1 Å². The molecule has 0 saturated heterocycles. The van der Waals surface area contributed by atoms with E-state index in [4.69, 9.17) is 5.73 Å². The second-order valence-electron chi connectivity index (χ2n) is 9.99. The molecular weight excluding hydrogens is 496 g/mol. The minimum atomic E-state index is -1.92. The summed E-state index contributed by atoms with van der Waals surface area (Å²) >= 11 is 4.47. The molecule has 3 aliphatic carbocycles. The third kappa shape index (κ3) is 3.74. The third-order valence-corrected chi connectivity index (χ3v) is 8.55. The van der Waals surface area contributed by atoms with Crippen LogP contribution < -0.4 is 11.1 Å². The number of thiol groups is 1. The minimum absolute atomic E-state index is 0.0162. The predicted molar refractivity (Wildman–Crippen MR) is 138 cm³/mol. The van der Waals surface area contributed by atoms with E-state index in [1.54, 1.807) is 24.3 Å². The topological polar surface area (TPSA) is 167 Å². The Morgan fingerprint density at radius 2 is 1.86 bits per heavy atom. The number of fused-ring (bicyclic) bond motifs is 3. The molecule has 0 aromatic heterocycles. The number of benzene rings is 2. The fraction of sp³-hybridized carbons (Fsp3) is 0.333. The van der Waals surface area contributed by atoms with Crippen molar-refractivity contribution in [3.8, 4) is 16.9 Å². The zero-order valence-corrected chi connectivity index (χ0v) is 20.8. The number of rotatable bonds is 3. The lowest BCUT2D eigenvalue weighted by Gasteiger charge is -2.49. The Hall–Kier alpha value is -3.63. The van der Waals surface area contributed by atoms with Crippen LogP contribution in [0.2, 0.25) is 0 Å². The van der Waals surface area contributed by atoms with Crippen molar-refractivity contribution in [2.24, 2.45) is 23.5 Å². The summed E-state index contributed by atoms with van der Waals surface area (Å²) < 4.78 is -1.92. The maximum atomic E-state index is 13.8. The molecule has 1 unspecified atom stereocenters. The fourth-order valence-corrected chi connectivity index (χ4v) is 6.63. The molecule has 0 spiro atoms. The van der Waals surface area contributed by atoms with Gasteiger partial charge in [-0.05, 0) is 66.0 Å². The summed E-state index contributed by atoms with van der Waals surface area (Å²) in [4.78, 5) is 50.4. The SMILES string of the molecule is CC(=O)Nc1cccc(-c2ccc(O)c3c2C[C@H]2C[C@H]4C[C@@H](O)C(C(N)=O)C(=O)[C@@]4(S)C(=O)C2=C3O)c1. The van der Waals surface area contributed by atoms with Gasteiger partial charge in [0.05, 0.1) is 11.7 Å². The van der Waals surface area contributed by atoms with Crippen molar-refractivity contribution >= 4 is 47.5 Å². The van der Waals surface area contributed by atoms with E-state index in [0.717, 1.165) is 5.56 Å². The number of ketones is 2. The van der Waals surface area contributed by atoms with Crippen molar-refractivity contribution in [2.75, 3.05) is 5.32 Å². The van der Waals surface area contributed by atoms with E-state index in [2.05, 4.69) is 17.9 Å². The van der Waals surface area contributed by atoms with Gasteiger partial charge in [0.25, 0.3) is 0 Å². The number of phenolic OH excluding ortho intramolecular Hbond substituents is 1. The van der Waals surface area contributed by atoms with E-state index in [0.29, 0.717) is 16.8 Å². The summed E-state index contributed by atoms with van der Waals surface area (Å²) in [5.74, 6) is -6.27. The Kier molecular flexibility index (Phi) is 5.91. The number of allylic oxidation sites excluding steroid dienone is 1. The zero-order chi connectivity index (χ0) is 26.8. The van der Waals surface area contributed by atoms with Crippen molar-refractivity contribution in [2.45, 2.75) is 37.0 Å². The summed E-state index contributed by atoms with van der Waals surface area (Å²) in [7, 11) is 0. The van der Waals surface area contributed by atoms with Crippen molar-refractivity contribution in [3.63, 3.8) is 0 Å². The predicted octanol–water partition coefficient (Wildman–Crippen LogP) is 2.15. The van der Waals surface area contributed by atoms with E-state index < -0.39 is 51.8 Å². The number of aromatic hydroxyl groups is 1. The van der Waals surface area contributed by atoms with Crippen LogP contribution >= 0.6 is 12.6 Å². The molecule has 0 aliphatic heterocycles. The Morgan fingerprint density at radius 3 is 2.54 bits per heavy atom. The van der Waals surface area contributed by atoms with Crippen LogP contribution in [-0.4, -0.2) is 49.6 Å². The van der Waals surface area contributed by atoms with Crippen molar-refractivity contribution in [1.29, 1.82) is 0 Å². The maximum Gasteiger partial charge on any atom is 0.230 e. The third-order valence-electron chi connectivity index (χ3n) is 7.76. The van der Waals surface area contributed by atoms with Gasteiger partial charge in [-0.2, -0.15) is 12.6 Å². The first-order valence-corrected chi connectivity index (χ1v) is 12.3. The van der Waals surface area contributed by atoms with Gasteiger partial charge in [-0.1, -0.05) is 18.2 Å². The first-order valence-electron chi connectivity index (χ1n) is 11.9. The Morgan fingerprint density at radius 1 is 1.14 bits per heavy atom. The highest BCUT2D eigenvalue weighted by molar-refractivity contribution is 7.84. The number of primary amides is 1. The van der Waals surface area contributed by atoms with Crippen LogP contribution in [0.5, 0.6) is 5.75 Å². The van der Waals surface area contributed by atoms with Crippen LogP contribution in [0.1, 0.15) is 30.9 Å². The summed E-state index contributed by atoms with van der Waals surface area (Å²) in [5, 5.41) is 35.2. The summed E-state index contributed by atoms with van der Waals surface area (Å²) in [5.41, 5.74) is 8.04. The molecule has 2 saturated carbocycles. The first-order chi connectivity index (χ1) is 17.4. The zero-order valence-electron chi connectivity index (χ0n) is 19.9. The average Bonchev–Trinajstić information content (AvgIpc) is 2.81. The van der Waals surface area contributed by atoms with Crippen LogP contribution in [0.3, 0.4) is 0 Å². The average molecular weight is 523 g/mol. The van der Waals surface area contributed by atoms with Crippen molar-refractivity contribution in [1.82, 2.24) is 0 Å². The van der Waals surface area contributed by atoms with Crippen molar-refractivity contribution in [3.05, 3.63) is 53.1 Å². The summed E-state index contributed by atoms with van der Waals surface area (Å²) in [6, 6.07) is 10.2. The van der Waals surface area contributed by atoms with Gasteiger partial charge in [-0.3, -0.25) is 19.2 Å². The van der Waals surface area contributed by atoms with E-state index in [1.165, 1.54) is 13.0 Å². The van der Waals surface area contributed by atoms with Gasteiger partial charge in [-0.15, -0.1) is 0 Å². The van der Waals surface area contributed by atoms with Crippen LogP contribution in [0.15, 0.2) is 42.0 Å². The van der Waals surface area contributed by atoms with Gasteiger partial charge in [0, 0.05) is 18.2 Å². The van der Waals surface area contributed by atoms with Crippen LogP contribution in [-0.2, 0) is 25.6 Å². The fourth-order valence-electron chi connectivity index (χ4n) is 6.16. The lowest BCUT2D eigenvalue weighted by molar-refractivity contribution is -0.148. The molecular formula is C27H26N2O7S. The summed E-state index contributed by atoms with van der Waals surface area (Å²) in [6.45, 7) is 1.40. The number of anilines is 1. The van der Waals surface area contributed by atoms with Crippen molar-refractivity contribution < 1.29 is 34.5 Å². The Bertz CT molecular complexity index is 1420. The van der Waals surface area contributed by atoms with E-state index >= 15 is 0 Å². The highest BCUT2D eigenvalue weighted by atomic mass is 32.1. The molecule has 2 fully saturated rings. The van der Waals surface area contributed by atoms with E-state index in [9.17, 15) is 34.5 Å². The molecule has 0 heterocycles. The summed E-state index contributed by atoms with van der Waals surface area (Å²) in [6.07, 6.45) is -0.811. The molecule has 2 aromatic carbocycles. The normalized spacial score (nSPS) is 28.7. The molecule has 0 radical (unpaired) electrons. The number of aliphatic hydroxyl groups excluding tert-OH is 2. The number of nitrogens with two attached hydrogens (primary N) is 1. The number of amides is 2. The van der Waals surface area contributed by atoms with Gasteiger partial charge >= 0.3 is 0 Å². The second-order valence-corrected chi connectivity index (χ2v) is 10.7. The molecule has 2 aromatic rings.